The Kier molecular flexibility index (Phi) is 5.48. The van der Waals surface area contributed by atoms with Crippen LogP contribution in [0, 0.1) is 0 Å². The lowest BCUT2D eigenvalue weighted by atomic mass is 10.2. The van der Waals surface area contributed by atoms with E-state index in [0.29, 0.717) is 30.4 Å². The van der Waals surface area contributed by atoms with E-state index in [2.05, 4.69) is 27.2 Å². The van der Waals surface area contributed by atoms with Crippen molar-refractivity contribution in [3.8, 4) is 5.88 Å². The van der Waals surface area contributed by atoms with Crippen LogP contribution < -0.4 is 15.4 Å². The van der Waals surface area contributed by atoms with Gasteiger partial charge in [0.25, 0.3) is 5.91 Å². The van der Waals surface area contributed by atoms with Gasteiger partial charge in [-0.15, -0.1) is 6.58 Å². The van der Waals surface area contributed by atoms with Gasteiger partial charge in [-0.2, -0.15) is 0 Å². The van der Waals surface area contributed by atoms with Crippen molar-refractivity contribution in [2.75, 3.05) is 19.0 Å². The van der Waals surface area contributed by atoms with E-state index >= 15 is 0 Å². The van der Waals surface area contributed by atoms with E-state index in [1.165, 1.54) is 6.20 Å². The minimum atomic E-state index is -0.169. The second-order valence-electron chi connectivity index (χ2n) is 4.49. The standard InChI is InChI=1S/C16H18N4O2/c1-3-7-18-16(21)13-4-5-14(20-11-13)19-10-12-6-8-17-15(9-12)22-2/h3-6,8-9,11H,1,7,10H2,2H3,(H,18,21)(H,19,20). The Morgan fingerprint density at radius 3 is 2.91 bits per heavy atom. The van der Waals surface area contributed by atoms with Crippen molar-refractivity contribution in [2.24, 2.45) is 0 Å². The molecular weight excluding hydrogens is 280 g/mol. The summed E-state index contributed by atoms with van der Waals surface area (Å²) in [4.78, 5) is 20.0. The summed E-state index contributed by atoms with van der Waals surface area (Å²) >= 11 is 0. The van der Waals surface area contributed by atoms with Crippen molar-refractivity contribution < 1.29 is 9.53 Å². The normalized spacial score (nSPS) is 9.86. The molecule has 0 aliphatic carbocycles. The van der Waals surface area contributed by atoms with Gasteiger partial charge in [0.2, 0.25) is 5.88 Å². The number of nitrogens with one attached hydrogen (secondary N) is 2. The maximum absolute atomic E-state index is 11.7. The molecule has 114 valence electrons. The summed E-state index contributed by atoms with van der Waals surface area (Å²) in [5.41, 5.74) is 1.54. The molecule has 0 saturated carbocycles. The Bertz CT molecular complexity index is 641. The first-order valence-corrected chi connectivity index (χ1v) is 6.81. The number of hydrogen-bond donors (Lipinski definition) is 2. The zero-order valence-electron chi connectivity index (χ0n) is 12.4. The van der Waals surface area contributed by atoms with Crippen LogP contribution in [0.5, 0.6) is 5.88 Å². The predicted molar refractivity (Wildman–Crippen MR) is 84.9 cm³/mol. The fourth-order valence-electron chi connectivity index (χ4n) is 1.76. The fraction of sp³-hybridized carbons (Fsp3) is 0.188. The molecule has 2 aromatic heterocycles. The predicted octanol–water partition coefficient (Wildman–Crippen LogP) is 2.01. The summed E-state index contributed by atoms with van der Waals surface area (Å²) in [6, 6.07) is 7.23. The van der Waals surface area contributed by atoms with Gasteiger partial charge < -0.3 is 15.4 Å². The van der Waals surface area contributed by atoms with Gasteiger partial charge in [0, 0.05) is 31.5 Å². The minimum Gasteiger partial charge on any atom is -0.481 e. The molecular formula is C16H18N4O2. The van der Waals surface area contributed by atoms with Crippen molar-refractivity contribution in [1.82, 2.24) is 15.3 Å². The first-order chi connectivity index (χ1) is 10.7. The van der Waals surface area contributed by atoms with Gasteiger partial charge in [-0.05, 0) is 23.8 Å². The molecule has 6 heteroatoms. The largest absolute Gasteiger partial charge is 0.481 e. The number of rotatable bonds is 7. The Labute approximate surface area is 129 Å². The first-order valence-electron chi connectivity index (χ1n) is 6.81. The van der Waals surface area contributed by atoms with Gasteiger partial charge in [0.15, 0.2) is 0 Å². The van der Waals surface area contributed by atoms with Crippen LogP contribution in [0.3, 0.4) is 0 Å². The Hall–Kier alpha value is -2.89. The van der Waals surface area contributed by atoms with Gasteiger partial charge >= 0.3 is 0 Å². The van der Waals surface area contributed by atoms with Crippen molar-refractivity contribution in [3.05, 3.63) is 60.4 Å². The van der Waals surface area contributed by atoms with Crippen LogP contribution in [0.4, 0.5) is 5.82 Å². The van der Waals surface area contributed by atoms with E-state index in [1.54, 1.807) is 31.5 Å². The topological polar surface area (TPSA) is 76.1 Å². The zero-order chi connectivity index (χ0) is 15.8. The van der Waals surface area contributed by atoms with E-state index in [9.17, 15) is 4.79 Å². The summed E-state index contributed by atoms with van der Waals surface area (Å²) in [5.74, 6) is 1.09. The SMILES string of the molecule is C=CCNC(=O)c1ccc(NCc2ccnc(OC)c2)nc1. The monoisotopic (exact) mass is 298 g/mol. The zero-order valence-corrected chi connectivity index (χ0v) is 12.4. The molecule has 0 fully saturated rings. The van der Waals surface area contributed by atoms with Crippen LogP contribution in [0.2, 0.25) is 0 Å². The molecule has 0 aromatic carbocycles. The molecule has 0 bridgehead atoms. The van der Waals surface area contributed by atoms with E-state index < -0.39 is 0 Å². The Morgan fingerprint density at radius 1 is 1.36 bits per heavy atom. The summed E-state index contributed by atoms with van der Waals surface area (Å²) in [5, 5.41) is 5.88. The molecule has 22 heavy (non-hydrogen) atoms. The minimum absolute atomic E-state index is 0.169. The number of methoxy groups -OCH3 is 1. The van der Waals surface area contributed by atoms with E-state index in [0.717, 1.165) is 5.56 Å². The molecule has 2 heterocycles. The van der Waals surface area contributed by atoms with Crippen LogP contribution in [0.25, 0.3) is 0 Å². The number of amides is 1. The number of anilines is 1. The summed E-state index contributed by atoms with van der Waals surface area (Å²) in [6.45, 7) is 4.58. The van der Waals surface area contributed by atoms with E-state index in [4.69, 9.17) is 4.74 Å². The average molecular weight is 298 g/mol. The van der Waals surface area contributed by atoms with Crippen molar-refractivity contribution >= 4 is 11.7 Å². The molecule has 0 aliphatic heterocycles. The molecule has 1 amide bonds. The molecule has 0 radical (unpaired) electrons. The van der Waals surface area contributed by atoms with Crippen LogP contribution in [0.1, 0.15) is 15.9 Å². The number of aromatic nitrogens is 2. The number of ether oxygens (including phenoxy) is 1. The van der Waals surface area contributed by atoms with Crippen LogP contribution in [-0.4, -0.2) is 29.5 Å². The molecule has 2 aromatic rings. The highest BCUT2D eigenvalue weighted by molar-refractivity contribution is 5.94. The highest BCUT2D eigenvalue weighted by Crippen LogP contribution is 2.11. The lowest BCUT2D eigenvalue weighted by molar-refractivity contribution is 0.0957. The molecule has 0 aliphatic rings. The van der Waals surface area contributed by atoms with Gasteiger partial charge in [0.05, 0.1) is 12.7 Å². The second-order valence-corrected chi connectivity index (χ2v) is 4.49. The molecule has 0 unspecified atom stereocenters. The molecule has 0 spiro atoms. The van der Waals surface area contributed by atoms with Crippen LogP contribution in [-0.2, 0) is 6.54 Å². The second kappa shape index (κ2) is 7.78. The average Bonchev–Trinajstić information content (AvgIpc) is 2.58. The maximum Gasteiger partial charge on any atom is 0.253 e. The maximum atomic E-state index is 11.7. The molecule has 0 saturated heterocycles. The van der Waals surface area contributed by atoms with Gasteiger partial charge in [0.1, 0.15) is 5.82 Å². The molecule has 2 rings (SSSR count). The van der Waals surface area contributed by atoms with Crippen molar-refractivity contribution in [2.45, 2.75) is 6.54 Å². The van der Waals surface area contributed by atoms with Gasteiger partial charge in [-0.3, -0.25) is 4.79 Å². The Balaban J connectivity index is 1.93. The highest BCUT2D eigenvalue weighted by Gasteiger charge is 2.04. The lowest BCUT2D eigenvalue weighted by Gasteiger charge is -2.07. The van der Waals surface area contributed by atoms with E-state index in [-0.39, 0.29) is 5.91 Å². The van der Waals surface area contributed by atoms with E-state index in [1.807, 2.05) is 12.1 Å². The first kappa shape index (κ1) is 15.5. The van der Waals surface area contributed by atoms with Gasteiger partial charge in [-0.1, -0.05) is 6.08 Å². The Morgan fingerprint density at radius 2 is 2.23 bits per heavy atom. The van der Waals surface area contributed by atoms with Crippen molar-refractivity contribution in [1.29, 1.82) is 0 Å². The molecule has 0 atom stereocenters. The van der Waals surface area contributed by atoms with Crippen LogP contribution in [0.15, 0.2) is 49.3 Å². The third kappa shape index (κ3) is 4.31. The number of pyridine rings is 2. The van der Waals surface area contributed by atoms with Crippen molar-refractivity contribution in [3.63, 3.8) is 0 Å². The van der Waals surface area contributed by atoms with Crippen LogP contribution >= 0.6 is 0 Å². The number of hydrogen-bond acceptors (Lipinski definition) is 5. The smallest absolute Gasteiger partial charge is 0.253 e. The van der Waals surface area contributed by atoms with Gasteiger partial charge in [-0.25, -0.2) is 9.97 Å². The number of carbonyl (C=O) groups is 1. The lowest BCUT2D eigenvalue weighted by Crippen LogP contribution is -2.23. The fourth-order valence-corrected chi connectivity index (χ4v) is 1.76. The summed E-state index contributed by atoms with van der Waals surface area (Å²) < 4.78 is 5.08. The number of carbonyl (C=O) groups excluding carboxylic acids is 1. The molecule has 2 N–H and O–H groups in total. The summed E-state index contributed by atoms with van der Waals surface area (Å²) in [7, 11) is 1.58. The highest BCUT2D eigenvalue weighted by atomic mass is 16.5. The quantitative estimate of drug-likeness (QED) is 0.765. The molecule has 6 nitrogen and oxygen atoms in total. The number of nitrogens with zero attached hydrogens (tertiary/aromatic N) is 2. The third-order valence-corrected chi connectivity index (χ3v) is 2.91. The third-order valence-electron chi connectivity index (χ3n) is 2.91. The summed E-state index contributed by atoms with van der Waals surface area (Å²) in [6.07, 6.45) is 4.86.